The van der Waals surface area contributed by atoms with Crippen LogP contribution < -0.4 is 10.6 Å². The third kappa shape index (κ3) is 4.14. The summed E-state index contributed by atoms with van der Waals surface area (Å²) >= 11 is 6.44. The number of anilines is 2. The smallest absolute Gasteiger partial charge is 0.255 e. The second kappa shape index (κ2) is 8.31. The van der Waals surface area contributed by atoms with E-state index in [1.54, 1.807) is 42.5 Å². The van der Waals surface area contributed by atoms with Crippen LogP contribution in [0.15, 0.2) is 73.1 Å². The summed E-state index contributed by atoms with van der Waals surface area (Å²) in [6.45, 7) is 1.43. The molecule has 6 nitrogen and oxygen atoms in total. The molecule has 3 aromatic carbocycles. The molecule has 7 heteroatoms. The van der Waals surface area contributed by atoms with Crippen molar-refractivity contribution in [2.24, 2.45) is 0 Å². The molecule has 0 bridgehead atoms. The minimum atomic E-state index is -0.273. The van der Waals surface area contributed by atoms with Crippen molar-refractivity contribution in [2.75, 3.05) is 10.6 Å². The van der Waals surface area contributed by atoms with E-state index in [9.17, 15) is 9.59 Å². The van der Waals surface area contributed by atoms with Crippen molar-refractivity contribution in [2.45, 2.75) is 6.92 Å². The first-order valence-corrected chi connectivity index (χ1v) is 9.58. The van der Waals surface area contributed by atoms with Gasteiger partial charge in [0, 0.05) is 34.8 Å². The Morgan fingerprint density at radius 1 is 0.867 bits per heavy atom. The molecule has 0 saturated heterocycles. The van der Waals surface area contributed by atoms with Crippen LogP contribution in [0.5, 0.6) is 0 Å². The average molecular weight is 417 g/mol. The molecule has 4 rings (SSSR count). The molecule has 2 N–H and O–H groups in total. The van der Waals surface area contributed by atoms with Gasteiger partial charge < -0.3 is 10.6 Å². The SMILES string of the molecule is CC(=O)Nc1ccc(C(=O)Nc2ccc(Cl)c(-c3ncnc4ccccc34)c2)cc1. The highest BCUT2D eigenvalue weighted by molar-refractivity contribution is 6.33. The lowest BCUT2D eigenvalue weighted by atomic mass is 10.1. The molecule has 4 aromatic rings. The zero-order chi connectivity index (χ0) is 21.1. The lowest BCUT2D eigenvalue weighted by Crippen LogP contribution is -2.12. The third-order valence-electron chi connectivity index (χ3n) is 4.49. The molecule has 0 fully saturated rings. The van der Waals surface area contributed by atoms with Gasteiger partial charge in [-0.1, -0.05) is 29.8 Å². The van der Waals surface area contributed by atoms with Crippen LogP contribution in [0.2, 0.25) is 5.02 Å². The Morgan fingerprint density at radius 3 is 2.37 bits per heavy atom. The Kier molecular flexibility index (Phi) is 5.41. The number of benzene rings is 3. The van der Waals surface area contributed by atoms with Crippen LogP contribution in [0.4, 0.5) is 11.4 Å². The van der Waals surface area contributed by atoms with Crippen molar-refractivity contribution < 1.29 is 9.59 Å². The van der Waals surface area contributed by atoms with Gasteiger partial charge in [0.25, 0.3) is 5.91 Å². The predicted octanol–water partition coefficient (Wildman–Crippen LogP) is 5.16. The van der Waals surface area contributed by atoms with Gasteiger partial charge in [-0.05, 0) is 48.5 Å². The lowest BCUT2D eigenvalue weighted by molar-refractivity contribution is -0.114. The summed E-state index contributed by atoms with van der Waals surface area (Å²) in [6, 6.07) is 19.6. The number of nitrogens with one attached hydrogen (secondary N) is 2. The fraction of sp³-hybridized carbons (Fsp3) is 0.0435. The van der Waals surface area contributed by atoms with Crippen LogP contribution in [0, 0.1) is 0 Å². The molecule has 0 aliphatic rings. The molecule has 30 heavy (non-hydrogen) atoms. The fourth-order valence-corrected chi connectivity index (χ4v) is 3.32. The lowest BCUT2D eigenvalue weighted by Gasteiger charge is -2.11. The van der Waals surface area contributed by atoms with E-state index in [0.717, 1.165) is 10.9 Å². The maximum absolute atomic E-state index is 12.6. The van der Waals surface area contributed by atoms with Crippen molar-refractivity contribution in [3.8, 4) is 11.3 Å². The maximum Gasteiger partial charge on any atom is 0.255 e. The number of carbonyl (C=O) groups is 2. The summed E-state index contributed by atoms with van der Waals surface area (Å²) in [4.78, 5) is 32.4. The van der Waals surface area contributed by atoms with Crippen LogP contribution in [-0.2, 0) is 4.79 Å². The number of carbonyl (C=O) groups excluding carboxylic acids is 2. The van der Waals surface area contributed by atoms with Gasteiger partial charge >= 0.3 is 0 Å². The first-order valence-electron chi connectivity index (χ1n) is 9.20. The summed E-state index contributed by atoms with van der Waals surface area (Å²) in [7, 11) is 0. The molecule has 0 spiro atoms. The Morgan fingerprint density at radius 2 is 1.60 bits per heavy atom. The van der Waals surface area contributed by atoms with Gasteiger partial charge in [0.05, 0.1) is 16.2 Å². The van der Waals surface area contributed by atoms with Crippen LogP contribution in [0.25, 0.3) is 22.2 Å². The minimum absolute atomic E-state index is 0.168. The number of rotatable bonds is 4. The highest BCUT2D eigenvalue weighted by Gasteiger charge is 2.13. The number of fused-ring (bicyclic) bond motifs is 1. The number of hydrogen-bond acceptors (Lipinski definition) is 4. The Balaban J connectivity index is 1.62. The Bertz CT molecular complexity index is 1250. The molecule has 1 heterocycles. The highest BCUT2D eigenvalue weighted by atomic mass is 35.5. The van der Waals surface area contributed by atoms with Gasteiger partial charge in [-0.15, -0.1) is 0 Å². The minimum Gasteiger partial charge on any atom is -0.326 e. The van der Waals surface area contributed by atoms with Crippen molar-refractivity contribution >= 4 is 45.7 Å². The standard InChI is InChI=1S/C23H17ClN4O2/c1-14(29)27-16-8-6-15(7-9-16)23(30)28-17-10-11-20(24)19(12-17)22-18-4-2-3-5-21(18)25-13-26-22/h2-13H,1H3,(H,27,29)(H,28,30). The van der Waals surface area contributed by atoms with Crippen molar-refractivity contribution in [3.63, 3.8) is 0 Å². The van der Waals surface area contributed by atoms with E-state index in [0.29, 0.717) is 33.2 Å². The van der Waals surface area contributed by atoms with Crippen molar-refractivity contribution in [3.05, 3.63) is 83.6 Å². The molecule has 148 valence electrons. The zero-order valence-electron chi connectivity index (χ0n) is 16.0. The molecule has 0 radical (unpaired) electrons. The summed E-state index contributed by atoms with van der Waals surface area (Å²) in [6.07, 6.45) is 1.50. The van der Waals surface area contributed by atoms with Crippen LogP contribution in [-0.4, -0.2) is 21.8 Å². The van der Waals surface area contributed by atoms with E-state index in [1.807, 2.05) is 24.3 Å². The van der Waals surface area contributed by atoms with Crippen molar-refractivity contribution in [1.29, 1.82) is 0 Å². The number of aromatic nitrogens is 2. The van der Waals surface area contributed by atoms with Crippen LogP contribution in [0.1, 0.15) is 17.3 Å². The van der Waals surface area contributed by atoms with E-state index in [4.69, 9.17) is 11.6 Å². The number of amides is 2. The topological polar surface area (TPSA) is 84.0 Å². The monoisotopic (exact) mass is 416 g/mol. The van der Waals surface area contributed by atoms with E-state index >= 15 is 0 Å². The number of nitrogens with zero attached hydrogens (tertiary/aromatic N) is 2. The summed E-state index contributed by atoms with van der Waals surface area (Å²) in [5.41, 5.74) is 3.90. The summed E-state index contributed by atoms with van der Waals surface area (Å²) in [5, 5.41) is 6.94. The molecule has 0 aliphatic carbocycles. The summed E-state index contributed by atoms with van der Waals surface area (Å²) in [5.74, 6) is -0.441. The van der Waals surface area contributed by atoms with E-state index < -0.39 is 0 Å². The molecule has 1 aromatic heterocycles. The van der Waals surface area contributed by atoms with Crippen LogP contribution >= 0.6 is 11.6 Å². The highest BCUT2D eigenvalue weighted by Crippen LogP contribution is 2.33. The molecular weight excluding hydrogens is 400 g/mol. The quantitative estimate of drug-likeness (QED) is 0.481. The number of hydrogen-bond donors (Lipinski definition) is 2. The fourth-order valence-electron chi connectivity index (χ4n) is 3.12. The first-order chi connectivity index (χ1) is 14.5. The molecule has 2 amide bonds. The summed E-state index contributed by atoms with van der Waals surface area (Å²) < 4.78 is 0. The molecule has 0 atom stereocenters. The van der Waals surface area contributed by atoms with Crippen molar-refractivity contribution in [1.82, 2.24) is 9.97 Å². The van der Waals surface area contributed by atoms with E-state index in [2.05, 4.69) is 20.6 Å². The van der Waals surface area contributed by atoms with E-state index in [-0.39, 0.29) is 11.8 Å². The molecular formula is C23H17ClN4O2. The predicted molar refractivity (Wildman–Crippen MR) is 119 cm³/mol. The first kappa shape index (κ1) is 19.5. The Hall–Kier alpha value is -3.77. The van der Waals surface area contributed by atoms with Gasteiger partial charge in [-0.25, -0.2) is 9.97 Å². The molecule has 0 unspecified atom stereocenters. The Labute approximate surface area is 177 Å². The third-order valence-corrected chi connectivity index (χ3v) is 4.82. The number of para-hydroxylation sites is 1. The largest absolute Gasteiger partial charge is 0.326 e. The molecule has 0 aliphatic heterocycles. The number of halogens is 1. The van der Waals surface area contributed by atoms with Gasteiger partial charge in [0.1, 0.15) is 6.33 Å². The molecule has 0 saturated carbocycles. The average Bonchev–Trinajstić information content (AvgIpc) is 2.75. The van der Waals surface area contributed by atoms with Gasteiger partial charge in [-0.2, -0.15) is 0 Å². The van der Waals surface area contributed by atoms with Gasteiger partial charge in [0.15, 0.2) is 0 Å². The van der Waals surface area contributed by atoms with Crippen LogP contribution in [0.3, 0.4) is 0 Å². The zero-order valence-corrected chi connectivity index (χ0v) is 16.8. The van der Waals surface area contributed by atoms with E-state index in [1.165, 1.54) is 13.3 Å². The normalized spacial score (nSPS) is 10.6. The second-order valence-corrected chi connectivity index (χ2v) is 7.05. The van der Waals surface area contributed by atoms with Gasteiger partial charge in [-0.3, -0.25) is 9.59 Å². The maximum atomic E-state index is 12.6. The second-order valence-electron chi connectivity index (χ2n) is 6.65. The van der Waals surface area contributed by atoms with Gasteiger partial charge in [0.2, 0.25) is 5.91 Å².